The summed E-state index contributed by atoms with van der Waals surface area (Å²) >= 11 is 0. The van der Waals surface area contributed by atoms with Crippen LogP contribution in [0.3, 0.4) is 0 Å². The van der Waals surface area contributed by atoms with Crippen LogP contribution >= 0.6 is 0 Å². The van der Waals surface area contributed by atoms with Gasteiger partial charge in [-0.25, -0.2) is 0 Å². The summed E-state index contributed by atoms with van der Waals surface area (Å²) in [5.74, 6) is 0.915. The molecule has 0 spiro atoms. The zero-order valence-corrected chi connectivity index (χ0v) is 12.0. The molecule has 2 heterocycles. The number of likely N-dealkylation sites (N-methyl/N-ethyl adjacent to an activating group) is 1. The van der Waals surface area contributed by atoms with Gasteiger partial charge in [0.05, 0.1) is 11.5 Å². The molecule has 3 fully saturated rings. The Morgan fingerprint density at radius 3 is 3.05 bits per heavy atom. The van der Waals surface area contributed by atoms with Gasteiger partial charge in [0, 0.05) is 26.7 Å². The van der Waals surface area contributed by atoms with Crippen LogP contribution in [-0.2, 0) is 9.53 Å². The Balaban J connectivity index is 1.67. The molecule has 0 bridgehead atoms. The molecule has 4 heteroatoms. The average molecular weight is 266 g/mol. The van der Waals surface area contributed by atoms with Crippen LogP contribution < -0.4 is 5.32 Å². The maximum atomic E-state index is 12.9. The molecule has 2 saturated heterocycles. The lowest BCUT2D eigenvalue weighted by atomic mass is 9.67. The summed E-state index contributed by atoms with van der Waals surface area (Å²) < 4.78 is 5.66. The Morgan fingerprint density at radius 2 is 2.26 bits per heavy atom. The van der Waals surface area contributed by atoms with E-state index in [1.54, 1.807) is 0 Å². The van der Waals surface area contributed by atoms with E-state index >= 15 is 0 Å². The number of nitrogens with zero attached hydrogens (tertiary/aromatic N) is 1. The molecule has 3 atom stereocenters. The second-order valence-electron chi connectivity index (χ2n) is 6.55. The summed E-state index contributed by atoms with van der Waals surface area (Å²) in [6.45, 7) is 3.54. The van der Waals surface area contributed by atoms with Crippen molar-refractivity contribution in [1.82, 2.24) is 10.2 Å². The summed E-state index contributed by atoms with van der Waals surface area (Å²) in [5.41, 5.74) is -0.106. The molecule has 1 aliphatic carbocycles. The van der Waals surface area contributed by atoms with Gasteiger partial charge in [-0.1, -0.05) is 12.8 Å². The Hall–Kier alpha value is -0.610. The van der Waals surface area contributed by atoms with Crippen LogP contribution in [0, 0.1) is 11.3 Å². The molecule has 4 nitrogen and oxygen atoms in total. The number of carbonyl (C=O) groups excluding carboxylic acids is 1. The Morgan fingerprint density at radius 1 is 1.37 bits per heavy atom. The van der Waals surface area contributed by atoms with Crippen LogP contribution in [0.15, 0.2) is 0 Å². The molecule has 0 radical (unpaired) electrons. The topological polar surface area (TPSA) is 41.6 Å². The quantitative estimate of drug-likeness (QED) is 0.839. The third kappa shape index (κ3) is 2.40. The number of fused-ring (bicyclic) bond motifs is 1. The molecule has 19 heavy (non-hydrogen) atoms. The smallest absolute Gasteiger partial charge is 0.230 e. The largest absolute Gasteiger partial charge is 0.376 e. The maximum Gasteiger partial charge on any atom is 0.230 e. The monoisotopic (exact) mass is 266 g/mol. The van der Waals surface area contributed by atoms with Crippen molar-refractivity contribution in [2.75, 3.05) is 33.3 Å². The molecule has 1 saturated carbocycles. The van der Waals surface area contributed by atoms with Gasteiger partial charge in [-0.2, -0.15) is 0 Å². The van der Waals surface area contributed by atoms with Crippen LogP contribution in [0.2, 0.25) is 0 Å². The molecule has 0 aromatic rings. The van der Waals surface area contributed by atoms with E-state index < -0.39 is 0 Å². The zero-order chi connectivity index (χ0) is 13.3. The van der Waals surface area contributed by atoms with Gasteiger partial charge in [-0.15, -0.1) is 0 Å². The first kappa shape index (κ1) is 13.4. The lowest BCUT2D eigenvalue weighted by Crippen LogP contribution is -2.50. The molecular weight excluding hydrogens is 240 g/mol. The van der Waals surface area contributed by atoms with Crippen molar-refractivity contribution in [1.29, 1.82) is 0 Å². The molecule has 1 amide bonds. The van der Waals surface area contributed by atoms with Gasteiger partial charge < -0.3 is 15.0 Å². The normalized spacial score (nSPS) is 38.2. The highest BCUT2D eigenvalue weighted by molar-refractivity contribution is 5.83. The Labute approximate surface area is 115 Å². The van der Waals surface area contributed by atoms with E-state index in [1.807, 2.05) is 11.9 Å². The van der Waals surface area contributed by atoms with Gasteiger partial charge in [-0.05, 0) is 38.1 Å². The lowest BCUT2D eigenvalue weighted by Gasteiger charge is -2.40. The standard InChI is InChI=1S/C15H26N2O2/c1-17(10-13-6-4-8-19-13)14(18)15-7-3-2-5-12(15)9-16-11-15/h12-13,16H,2-11H2,1H3/t12-,13?,15+/m0/s1. The minimum Gasteiger partial charge on any atom is -0.376 e. The first-order valence-electron chi connectivity index (χ1n) is 7.80. The summed E-state index contributed by atoms with van der Waals surface area (Å²) in [5, 5.41) is 3.46. The lowest BCUT2D eigenvalue weighted by molar-refractivity contribution is -0.145. The van der Waals surface area contributed by atoms with E-state index in [1.165, 1.54) is 19.3 Å². The highest BCUT2D eigenvalue weighted by Crippen LogP contribution is 2.44. The fourth-order valence-corrected chi connectivity index (χ4v) is 4.23. The number of hydrogen-bond donors (Lipinski definition) is 1. The highest BCUT2D eigenvalue weighted by Gasteiger charge is 2.51. The van der Waals surface area contributed by atoms with Crippen LogP contribution in [-0.4, -0.2) is 50.2 Å². The number of rotatable bonds is 3. The predicted octanol–water partition coefficient (Wildman–Crippen LogP) is 1.40. The van der Waals surface area contributed by atoms with Crippen molar-refractivity contribution in [2.24, 2.45) is 11.3 Å². The average Bonchev–Trinajstić information content (AvgIpc) is 3.06. The molecule has 3 aliphatic rings. The zero-order valence-electron chi connectivity index (χ0n) is 12.0. The van der Waals surface area contributed by atoms with E-state index in [-0.39, 0.29) is 11.5 Å². The fraction of sp³-hybridized carbons (Fsp3) is 0.933. The van der Waals surface area contributed by atoms with Crippen LogP contribution in [0.5, 0.6) is 0 Å². The minimum atomic E-state index is -0.106. The first-order chi connectivity index (χ1) is 9.22. The van der Waals surface area contributed by atoms with E-state index in [4.69, 9.17) is 4.74 Å². The van der Waals surface area contributed by atoms with Crippen molar-refractivity contribution in [3.63, 3.8) is 0 Å². The van der Waals surface area contributed by atoms with Crippen molar-refractivity contribution >= 4 is 5.91 Å². The van der Waals surface area contributed by atoms with Gasteiger partial charge in [0.15, 0.2) is 0 Å². The number of nitrogens with one attached hydrogen (secondary N) is 1. The van der Waals surface area contributed by atoms with E-state index in [0.29, 0.717) is 11.8 Å². The molecule has 2 aliphatic heterocycles. The SMILES string of the molecule is CN(CC1CCCO1)C(=O)[C@@]12CCCC[C@H]1CNC2. The number of hydrogen-bond acceptors (Lipinski definition) is 3. The summed E-state index contributed by atoms with van der Waals surface area (Å²) in [7, 11) is 1.96. The van der Waals surface area contributed by atoms with Crippen molar-refractivity contribution < 1.29 is 9.53 Å². The Kier molecular flexibility index (Phi) is 3.81. The van der Waals surface area contributed by atoms with Gasteiger partial charge in [-0.3, -0.25) is 4.79 Å². The van der Waals surface area contributed by atoms with E-state index in [2.05, 4.69) is 5.32 Å². The molecular formula is C15H26N2O2. The molecule has 3 rings (SSSR count). The van der Waals surface area contributed by atoms with Crippen LogP contribution in [0.25, 0.3) is 0 Å². The van der Waals surface area contributed by atoms with Crippen molar-refractivity contribution in [3.05, 3.63) is 0 Å². The van der Waals surface area contributed by atoms with Crippen LogP contribution in [0.4, 0.5) is 0 Å². The molecule has 108 valence electrons. The second kappa shape index (κ2) is 5.41. The number of ether oxygens (including phenoxy) is 1. The molecule has 0 aromatic carbocycles. The molecule has 0 aromatic heterocycles. The Bertz CT molecular complexity index is 341. The van der Waals surface area contributed by atoms with Crippen LogP contribution in [0.1, 0.15) is 38.5 Å². The third-order valence-electron chi connectivity index (χ3n) is 5.31. The van der Waals surface area contributed by atoms with Crippen molar-refractivity contribution in [3.8, 4) is 0 Å². The summed E-state index contributed by atoms with van der Waals surface area (Å²) in [4.78, 5) is 14.9. The first-order valence-corrected chi connectivity index (χ1v) is 7.80. The van der Waals surface area contributed by atoms with E-state index in [0.717, 1.165) is 45.5 Å². The second-order valence-corrected chi connectivity index (χ2v) is 6.55. The minimum absolute atomic E-state index is 0.106. The molecule has 1 N–H and O–H groups in total. The van der Waals surface area contributed by atoms with E-state index in [9.17, 15) is 4.79 Å². The summed E-state index contributed by atoms with van der Waals surface area (Å²) in [6.07, 6.45) is 7.29. The number of carbonyl (C=O) groups is 1. The predicted molar refractivity (Wildman–Crippen MR) is 73.9 cm³/mol. The van der Waals surface area contributed by atoms with Gasteiger partial charge in [0.1, 0.15) is 0 Å². The maximum absolute atomic E-state index is 12.9. The van der Waals surface area contributed by atoms with Gasteiger partial charge >= 0.3 is 0 Å². The molecule has 1 unspecified atom stereocenters. The third-order valence-corrected chi connectivity index (χ3v) is 5.31. The fourth-order valence-electron chi connectivity index (χ4n) is 4.23. The highest BCUT2D eigenvalue weighted by atomic mass is 16.5. The summed E-state index contributed by atoms with van der Waals surface area (Å²) in [6, 6.07) is 0. The van der Waals surface area contributed by atoms with Crippen molar-refractivity contribution in [2.45, 2.75) is 44.6 Å². The number of amides is 1. The van der Waals surface area contributed by atoms with Gasteiger partial charge in [0.2, 0.25) is 5.91 Å². The van der Waals surface area contributed by atoms with Gasteiger partial charge in [0.25, 0.3) is 0 Å².